The van der Waals surface area contributed by atoms with Crippen LogP contribution in [-0.4, -0.2) is 20.8 Å². The fraction of sp³-hybridized carbons (Fsp3) is 0.727. The molecule has 0 saturated heterocycles. The van der Waals surface area contributed by atoms with E-state index in [0.717, 1.165) is 25.2 Å². The number of nitrogens with zero attached hydrogens (tertiary/aromatic N) is 2. The Labute approximate surface area is 106 Å². The van der Waals surface area contributed by atoms with Crippen molar-refractivity contribution in [1.29, 1.82) is 0 Å². The molecule has 0 amide bonds. The zero-order valence-electron chi connectivity index (χ0n) is 9.54. The summed E-state index contributed by atoms with van der Waals surface area (Å²) in [7, 11) is 0. The maximum atomic E-state index is 4.53. The van der Waals surface area contributed by atoms with Crippen LogP contribution in [0.2, 0.25) is 0 Å². The van der Waals surface area contributed by atoms with E-state index in [9.17, 15) is 0 Å². The molecule has 1 unspecified atom stereocenters. The fourth-order valence-corrected chi connectivity index (χ4v) is 1.69. The summed E-state index contributed by atoms with van der Waals surface area (Å²) in [5, 5.41) is 7.92. The summed E-state index contributed by atoms with van der Waals surface area (Å²) < 4.78 is 3.27. The minimum absolute atomic E-state index is 0.507. The highest BCUT2D eigenvalue weighted by Gasteiger charge is 2.03. The van der Waals surface area contributed by atoms with Gasteiger partial charge in [0.1, 0.15) is 0 Å². The molecule has 4 heteroatoms. The largest absolute Gasteiger partial charge is 0.311 e. The van der Waals surface area contributed by atoms with Crippen LogP contribution in [0.4, 0.5) is 0 Å². The molecule has 0 aromatic carbocycles. The lowest BCUT2D eigenvalue weighted by molar-refractivity contribution is 0.471. The van der Waals surface area contributed by atoms with Gasteiger partial charge < -0.3 is 5.32 Å². The molecule has 1 N–H and O–H groups in total. The van der Waals surface area contributed by atoms with Crippen molar-refractivity contribution in [2.45, 2.75) is 39.3 Å². The van der Waals surface area contributed by atoms with Crippen LogP contribution in [0.1, 0.15) is 38.4 Å². The zero-order valence-corrected chi connectivity index (χ0v) is 11.7. The average molecular weight is 321 g/mol. The summed E-state index contributed by atoms with van der Waals surface area (Å²) in [6, 6.07) is 2.61. The maximum absolute atomic E-state index is 4.53. The van der Waals surface area contributed by atoms with Crippen LogP contribution in [-0.2, 0) is 6.54 Å². The summed E-state index contributed by atoms with van der Waals surface area (Å²) >= 11 is 2.40. The minimum Gasteiger partial charge on any atom is -0.311 e. The molecule has 1 rings (SSSR count). The second-order valence-corrected chi connectivity index (χ2v) is 4.84. The van der Waals surface area contributed by atoms with Crippen molar-refractivity contribution in [2.24, 2.45) is 0 Å². The Morgan fingerprint density at radius 2 is 2.40 bits per heavy atom. The quantitative estimate of drug-likeness (QED) is 0.475. The van der Waals surface area contributed by atoms with E-state index in [0.29, 0.717) is 6.04 Å². The molecule has 0 saturated carbocycles. The number of aromatic nitrogens is 2. The number of rotatable bonds is 7. The van der Waals surface area contributed by atoms with E-state index in [1.165, 1.54) is 10.8 Å². The van der Waals surface area contributed by atoms with E-state index in [4.69, 9.17) is 0 Å². The van der Waals surface area contributed by atoms with E-state index in [1.807, 2.05) is 0 Å². The molecule has 0 spiro atoms. The number of hydrogen-bond donors (Lipinski definition) is 1. The second-order valence-electron chi connectivity index (χ2n) is 3.76. The second kappa shape index (κ2) is 7.22. The highest BCUT2D eigenvalue weighted by molar-refractivity contribution is 14.1. The molecule has 0 aliphatic rings. The lowest BCUT2D eigenvalue weighted by atomic mass is 10.3. The van der Waals surface area contributed by atoms with Gasteiger partial charge in [0.05, 0.1) is 5.69 Å². The van der Waals surface area contributed by atoms with Crippen molar-refractivity contribution in [3.8, 4) is 0 Å². The first-order valence-corrected chi connectivity index (χ1v) is 7.11. The highest BCUT2D eigenvalue weighted by atomic mass is 127. The van der Waals surface area contributed by atoms with Crippen molar-refractivity contribution in [3.63, 3.8) is 0 Å². The van der Waals surface area contributed by atoms with Crippen LogP contribution >= 0.6 is 22.6 Å². The Morgan fingerprint density at radius 1 is 1.60 bits per heavy atom. The van der Waals surface area contributed by atoms with E-state index < -0.39 is 0 Å². The molecular weight excluding hydrogens is 301 g/mol. The van der Waals surface area contributed by atoms with E-state index in [-0.39, 0.29) is 0 Å². The number of nitrogens with one attached hydrogen (secondary N) is 1. The zero-order chi connectivity index (χ0) is 11.1. The van der Waals surface area contributed by atoms with E-state index >= 15 is 0 Å². The topological polar surface area (TPSA) is 29.9 Å². The predicted molar refractivity (Wildman–Crippen MR) is 72.4 cm³/mol. The van der Waals surface area contributed by atoms with Crippen molar-refractivity contribution in [1.82, 2.24) is 15.1 Å². The third-order valence-corrected chi connectivity index (χ3v) is 3.26. The van der Waals surface area contributed by atoms with Crippen LogP contribution in [0.5, 0.6) is 0 Å². The molecule has 1 atom stereocenters. The molecule has 0 bridgehead atoms. The third-order valence-electron chi connectivity index (χ3n) is 2.50. The number of hydrogen-bond acceptors (Lipinski definition) is 2. The van der Waals surface area contributed by atoms with Crippen LogP contribution in [0.15, 0.2) is 12.3 Å². The summed E-state index contributed by atoms with van der Waals surface area (Å²) in [5.74, 6) is 0. The van der Waals surface area contributed by atoms with Crippen LogP contribution in [0.25, 0.3) is 0 Å². The van der Waals surface area contributed by atoms with E-state index in [2.05, 4.69) is 63.8 Å². The third kappa shape index (κ3) is 4.51. The van der Waals surface area contributed by atoms with Gasteiger partial charge in [-0.25, -0.2) is 0 Å². The first kappa shape index (κ1) is 13.0. The maximum Gasteiger partial charge on any atom is 0.0762 e. The fourth-order valence-electron chi connectivity index (χ4n) is 1.31. The van der Waals surface area contributed by atoms with Gasteiger partial charge in [0.25, 0.3) is 0 Å². The van der Waals surface area contributed by atoms with Crippen LogP contribution in [0.3, 0.4) is 0 Å². The Hall–Kier alpha value is -0.100. The average Bonchev–Trinajstić information content (AvgIpc) is 2.72. The number of alkyl halides is 1. The Morgan fingerprint density at radius 3 is 3.07 bits per heavy atom. The summed E-state index contributed by atoms with van der Waals surface area (Å²) in [6.45, 7) is 6.35. The summed E-state index contributed by atoms with van der Waals surface area (Å²) in [5.41, 5.74) is 1.14. The molecule has 1 aromatic rings. The van der Waals surface area contributed by atoms with Gasteiger partial charge in [-0.2, -0.15) is 5.10 Å². The van der Waals surface area contributed by atoms with Gasteiger partial charge in [-0.1, -0.05) is 29.5 Å². The van der Waals surface area contributed by atoms with Crippen molar-refractivity contribution in [3.05, 3.63) is 18.0 Å². The number of halogens is 1. The van der Waals surface area contributed by atoms with Crippen molar-refractivity contribution in [2.75, 3.05) is 11.0 Å². The molecule has 86 valence electrons. The molecule has 0 radical (unpaired) electrons. The van der Waals surface area contributed by atoms with Gasteiger partial charge in [-0.15, -0.1) is 0 Å². The van der Waals surface area contributed by atoms with Gasteiger partial charge in [0.2, 0.25) is 0 Å². The Balaban J connectivity index is 2.33. The molecule has 0 aliphatic carbocycles. The van der Waals surface area contributed by atoms with Gasteiger partial charge in [0, 0.05) is 23.2 Å². The molecule has 3 nitrogen and oxygen atoms in total. The van der Waals surface area contributed by atoms with E-state index in [1.54, 1.807) is 0 Å². The summed E-state index contributed by atoms with van der Waals surface area (Å²) in [4.78, 5) is 0. The molecule has 1 aromatic heterocycles. The molecule has 0 aliphatic heterocycles. The first-order valence-electron chi connectivity index (χ1n) is 5.58. The van der Waals surface area contributed by atoms with Crippen molar-refractivity contribution < 1.29 is 0 Å². The first-order chi connectivity index (χ1) is 7.27. The summed E-state index contributed by atoms with van der Waals surface area (Å²) in [6.07, 6.45) is 4.43. The van der Waals surface area contributed by atoms with Gasteiger partial charge in [-0.3, -0.25) is 4.68 Å². The Bertz CT molecular complexity index is 273. The molecule has 0 fully saturated rings. The highest BCUT2D eigenvalue weighted by Crippen LogP contribution is 2.08. The predicted octanol–water partition coefficient (Wildman–Crippen LogP) is 2.77. The lowest BCUT2D eigenvalue weighted by Crippen LogP contribution is -2.16. The van der Waals surface area contributed by atoms with Gasteiger partial charge in [-0.05, 0) is 32.4 Å². The molecular formula is C11H20IN3. The normalized spacial score (nSPS) is 13.0. The van der Waals surface area contributed by atoms with Gasteiger partial charge >= 0.3 is 0 Å². The molecule has 15 heavy (non-hydrogen) atoms. The standard InChI is InChI=1S/C11H20IN3/c1-3-10(2)15-8-5-11(14-15)9-13-7-4-6-12/h5,8,10,13H,3-4,6-7,9H2,1-2H3. The monoisotopic (exact) mass is 321 g/mol. The molecule has 1 heterocycles. The SMILES string of the molecule is CCC(C)n1ccc(CNCCCI)n1. The Kier molecular flexibility index (Phi) is 6.24. The van der Waals surface area contributed by atoms with Crippen molar-refractivity contribution >= 4 is 22.6 Å². The van der Waals surface area contributed by atoms with Gasteiger partial charge in [0.15, 0.2) is 0 Å². The minimum atomic E-state index is 0.507. The van der Waals surface area contributed by atoms with Crippen LogP contribution in [0, 0.1) is 0 Å². The smallest absolute Gasteiger partial charge is 0.0762 e. The lowest BCUT2D eigenvalue weighted by Gasteiger charge is -2.08. The van der Waals surface area contributed by atoms with Crippen LogP contribution < -0.4 is 5.32 Å².